The van der Waals surface area contributed by atoms with Crippen LogP contribution in [0.2, 0.25) is 0 Å². The van der Waals surface area contributed by atoms with Crippen molar-refractivity contribution in [3.8, 4) is 28.8 Å². The van der Waals surface area contributed by atoms with Crippen molar-refractivity contribution < 1.29 is 4.74 Å². The second-order valence-electron chi connectivity index (χ2n) is 7.89. The van der Waals surface area contributed by atoms with Gasteiger partial charge in [-0.2, -0.15) is 10.4 Å². The third kappa shape index (κ3) is 3.54. The van der Waals surface area contributed by atoms with E-state index in [0.29, 0.717) is 23.2 Å². The Hall–Kier alpha value is -4.25. The highest BCUT2D eigenvalue weighted by Gasteiger charge is 2.25. The molecule has 160 valence electrons. The van der Waals surface area contributed by atoms with Crippen LogP contribution in [0.4, 0.5) is 5.82 Å². The summed E-state index contributed by atoms with van der Waals surface area (Å²) >= 11 is 0. The number of rotatable bonds is 4. The molecule has 3 N–H and O–H groups in total. The molecular weight excluding hydrogens is 404 g/mol. The van der Waals surface area contributed by atoms with Crippen molar-refractivity contribution in [2.45, 2.75) is 18.9 Å². The molecule has 8 nitrogen and oxygen atoms in total. The van der Waals surface area contributed by atoms with Crippen molar-refractivity contribution in [1.29, 1.82) is 5.26 Å². The van der Waals surface area contributed by atoms with Crippen molar-refractivity contribution in [3.05, 3.63) is 71.1 Å². The molecule has 0 amide bonds. The van der Waals surface area contributed by atoms with E-state index in [2.05, 4.69) is 16.4 Å². The summed E-state index contributed by atoms with van der Waals surface area (Å²) in [4.78, 5) is 14.5. The molecule has 1 aliphatic rings. The number of fused-ring (bicyclic) bond motifs is 1. The van der Waals surface area contributed by atoms with Gasteiger partial charge in [0, 0.05) is 24.8 Å². The molecule has 0 aliphatic carbocycles. The zero-order valence-corrected chi connectivity index (χ0v) is 17.4. The van der Waals surface area contributed by atoms with Crippen LogP contribution in [0, 0.1) is 11.5 Å². The standard InChI is InChI=1S/C24H22N6O2/c25-15-29-12-4-5-17(13-29)30-14-20(21-22(30)24(31)28-27-23(21)26)16-8-10-19(11-9-16)32-18-6-2-1-3-7-18/h1-3,6-11,14,17H,4-5,12-13H2,(H2,26,27)(H,28,31). The predicted molar refractivity (Wildman–Crippen MR) is 122 cm³/mol. The number of likely N-dealkylation sites (tertiary alicyclic amines) is 1. The highest BCUT2D eigenvalue weighted by atomic mass is 16.5. The lowest BCUT2D eigenvalue weighted by molar-refractivity contribution is 0.248. The SMILES string of the molecule is N#CN1CCCC(n2cc(-c3ccc(Oc4ccccc4)cc3)c3c(N)n[nH]c(=O)c32)C1. The molecule has 1 aliphatic heterocycles. The predicted octanol–water partition coefficient (Wildman–Crippen LogP) is 3.88. The molecule has 8 heteroatoms. The fourth-order valence-corrected chi connectivity index (χ4v) is 4.34. The quantitative estimate of drug-likeness (QED) is 0.479. The third-order valence-corrected chi connectivity index (χ3v) is 5.86. The maximum absolute atomic E-state index is 12.8. The van der Waals surface area contributed by atoms with Gasteiger partial charge in [0.2, 0.25) is 0 Å². The molecule has 1 unspecified atom stereocenters. The van der Waals surface area contributed by atoms with Gasteiger partial charge in [-0.05, 0) is 42.7 Å². The highest BCUT2D eigenvalue weighted by Crippen LogP contribution is 2.36. The van der Waals surface area contributed by atoms with Gasteiger partial charge in [0.1, 0.15) is 17.0 Å². The number of nitrogens with two attached hydrogens (primary N) is 1. The number of nitrogens with one attached hydrogen (secondary N) is 1. The average molecular weight is 426 g/mol. The Labute approximate surface area is 184 Å². The van der Waals surface area contributed by atoms with E-state index in [0.717, 1.165) is 36.3 Å². The van der Waals surface area contributed by atoms with Crippen molar-refractivity contribution >= 4 is 16.7 Å². The molecule has 3 heterocycles. The lowest BCUT2D eigenvalue weighted by Crippen LogP contribution is -2.33. The number of piperidine rings is 1. The van der Waals surface area contributed by atoms with E-state index in [1.165, 1.54) is 0 Å². The minimum absolute atomic E-state index is 0.00300. The van der Waals surface area contributed by atoms with E-state index in [1.807, 2.05) is 65.4 Å². The number of benzene rings is 2. The van der Waals surface area contributed by atoms with Gasteiger partial charge in [0.25, 0.3) is 5.56 Å². The summed E-state index contributed by atoms with van der Waals surface area (Å²) in [7, 11) is 0. The van der Waals surface area contributed by atoms with Gasteiger partial charge >= 0.3 is 0 Å². The Morgan fingerprint density at radius 2 is 1.88 bits per heavy atom. The normalized spacial score (nSPS) is 16.1. The summed E-state index contributed by atoms with van der Waals surface area (Å²) < 4.78 is 7.85. The Kier molecular flexibility index (Phi) is 5.00. The molecule has 32 heavy (non-hydrogen) atoms. The van der Waals surface area contributed by atoms with Gasteiger partial charge in [-0.3, -0.25) is 4.79 Å². The van der Waals surface area contributed by atoms with E-state index < -0.39 is 0 Å². The molecule has 0 bridgehead atoms. The van der Waals surface area contributed by atoms with Crippen LogP contribution >= 0.6 is 0 Å². The lowest BCUT2D eigenvalue weighted by Gasteiger charge is -2.30. The van der Waals surface area contributed by atoms with Crippen LogP contribution in [0.15, 0.2) is 65.6 Å². The van der Waals surface area contributed by atoms with Gasteiger partial charge in [0.15, 0.2) is 12.0 Å². The summed E-state index contributed by atoms with van der Waals surface area (Å²) in [5, 5.41) is 16.5. The molecule has 1 fully saturated rings. The molecule has 2 aromatic heterocycles. The Morgan fingerprint density at radius 1 is 1.12 bits per heavy atom. The first-order valence-corrected chi connectivity index (χ1v) is 10.5. The summed E-state index contributed by atoms with van der Waals surface area (Å²) in [6.07, 6.45) is 5.95. The summed E-state index contributed by atoms with van der Waals surface area (Å²) in [5.41, 5.74) is 8.14. The molecule has 2 aromatic carbocycles. The second kappa shape index (κ2) is 8.12. The van der Waals surface area contributed by atoms with Crippen LogP contribution in [-0.2, 0) is 0 Å². The molecule has 1 atom stereocenters. The summed E-state index contributed by atoms with van der Waals surface area (Å²) in [6, 6.07) is 17.2. The zero-order chi connectivity index (χ0) is 22.1. The maximum atomic E-state index is 12.8. The van der Waals surface area contributed by atoms with Crippen LogP contribution in [0.25, 0.3) is 22.0 Å². The van der Waals surface area contributed by atoms with Crippen LogP contribution in [0.1, 0.15) is 18.9 Å². The van der Waals surface area contributed by atoms with E-state index in [-0.39, 0.29) is 17.4 Å². The minimum Gasteiger partial charge on any atom is -0.457 e. The fraction of sp³-hybridized carbons (Fsp3) is 0.208. The van der Waals surface area contributed by atoms with Crippen molar-refractivity contribution in [3.63, 3.8) is 0 Å². The summed E-state index contributed by atoms with van der Waals surface area (Å²) in [6.45, 7) is 1.30. The molecule has 0 saturated carbocycles. The highest BCUT2D eigenvalue weighted by molar-refractivity contribution is 6.02. The van der Waals surface area contributed by atoms with E-state index in [4.69, 9.17) is 10.5 Å². The molecule has 0 spiro atoms. The molecule has 0 radical (unpaired) electrons. The largest absolute Gasteiger partial charge is 0.457 e. The zero-order valence-electron chi connectivity index (χ0n) is 17.4. The van der Waals surface area contributed by atoms with Crippen molar-refractivity contribution in [2.24, 2.45) is 0 Å². The molecule has 1 saturated heterocycles. The topological polar surface area (TPSA) is 113 Å². The average Bonchev–Trinajstić information content (AvgIpc) is 3.25. The number of anilines is 1. The molecule has 4 aromatic rings. The van der Waals surface area contributed by atoms with Crippen LogP contribution in [0.5, 0.6) is 11.5 Å². The fourth-order valence-electron chi connectivity index (χ4n) is 4.34. The number of aromatic amines is 1. The van der Waals surface area contributed by atoms with Crippen LogP contribution in [-0.4, -0.2) is 32.8 Å². The minimum atomic E-state index is -0.293. The number of hydrogen-bond donors (Lipinski definition) is 2. The number of H-pyrrole nitrogens is 1. The van der Waals surface area contributed by atoms with Crippen molar-refractivity contribution in [1.82, 2.24) is 19.7 Å². The van der Waals surface area contributed by atoms with Crippen LogP contribution in [0.3, 0.4) is 0 Å². The Morgan fingerprint density at radius 3 is 2.62 bits per heavy atom. The first-order chi connectivity index (χ1) is 15.6. The van der Waals surface area contributed by atoms with Gasteiger partial charge in [-0.1, -0.05) is 30.3 Å². The van der Waals surface area contributed by atoms with E-state index in [1.54, 1.807) is 4.90 Å². The van der Waals surface area contributed by atoms with Crippen molar-refractivity contribution in [2.75, 3.05) is 18.8 Å². The number of nitriles is 1. The summed E-state index contributed by atoms with van der Waals surface area (Å²) in [5.74, 6) is 1.74. The van der Waals surface area contributed by atoms with E-state index in [9.17, 15) is 10.1 Å². The lowest BCUT2D eigenvalue weighted by atomic mass is 10.1. The van der Waals surface area contributed by atoms with Gasteiger partial charge in [0.05, 0.1) is 11.4 Å². The van der Waals surface area contributed by atoms with Crippen LogP contribution < -0.4 is 16.0 Å². The first-order valence-electron chi connectivity index (χ1n) is 10.5. The smallest absolute Gasteiger partial charge is 0.288 e. The third-order valence-electron chi connectivity index (χ3n) is 5.86. The molecule has 5 rings (SSSR count). The number of hydrogen-bond acceptors (Lipinski definition) is 6. The number of para-hydroxylation sites is 1. The monoisotopic (exact) mass is 426 g/mol. The second-order valence-corrected chi connectivity index (χ2v) is 7.89. The number of aromatic nitrogens is 3. The van der Waals surface area contributed by atoms with Gasteiger partial charge < -0.3 is 19.9 Å². The number of ether oxygens (including phenoxy) is 1. The first kappa shape index (κ1) is 19.7. The van der Waals surface area contributed by atoms with E-state index >= 15 is 0 Å². The molecular formula is C24H22N6O2. The number of nitrogen functional groups attached to an aromatic ring is 1. The van der Waals surface area contributed by atoms with Gasteiger partial charge in [-0.25, -0.2) is 5.10 Å². The van der Waals surface area contributed by atoms with Gasteiger partial charge in [-0.15, -0.1) is 0 Å². The Bertz CT molecular complexity index is 1350. The number of nitrogens with zero attached hydrogens (tertiary/aromatic N) is 4. The Balaban J connectivity index is 1.56. The maximum Gasteiger partial charge on any atom is 0.288 e.